The second-order valence-corrected chi connectivity index (χ2v) is 8.41. The number of methoxy groups -OCH3 is 1. The fourth-order valence-corrected chi connectivity index (χ4v) is 3.95. The number of anilines is 1. The highest BCUT2D eigenvalue weighted by atomic mass is 16.5. The largest absolute Gasteiger partial charge is 0.505 e. The maximum Gasteiger partial charge on any atom is 0.279 e. The molecule has 0 bridgehead atoms. The molecule has 33 heavy (non-hydrogen) atoms. The number of carbonyl (C=O) groups excluding carboxylic acids is 1. The summed E-state index contributed by atoms with van der Waals surface area (Å²) in [4.78, 5) is 27.7. The molecule has 8 heteroatoms. The van der Waals surface area contributed by atoms with Gasteiger partial charge in [0.25, 0.3) is 11.5 Å². The molecule has 0 radical (unpaired) electrons. The summed E-state index contributed by atoms with van der Waals surface area (Å²) in [6.45, 7) is 5.38. The van der Waals surface area contributed by atoms with Crippen LogP contribution in [0.2, 0.25) is 0 Å². The van der Waals surface area contributed by atoms with E-state index < -0.39 is 17.2 Å². The first-order valence-corrected chi connectivity index (χ1v) is 11.0. The molecule has 1 amide bonds. The Morgan fingerprint density at radius 3 is 2.55 bits per heavy atom. The van der Waals surface area contributed by atoms with Gasteiger partial charge in [-0.05, 0) is 61.7 Å². The summed E-state index contributed by atoms with van der Waals surface area (Å²) < 4.78 is 6.32. The molecule has 0 aliphatic carbocycles. The van der Waals surface area contributed by atoms with Gasteiger partial charge in [0.2, 0.25) is 0 Å². The molecule has 3 aromatic rings. The SMILES string of the molecule is COc1ccccc1-n1nc(C(=O)Nc2ccc(CN3CCC(C)CC3)cc2)c(O)cc1=O. The lowest BCUT2D eigenvalue weighted by Gasteiger charge is -2.30. The number of aromatic nitrogens is 2. The van der Waals surface area contributed by atoms with Crippen molar-refractivity contribution < 1.29 is 14.6 Å². The number of rotatable bonds is 6. The lowest BCUT2D eigenvalue weighted by atomic mass is 9.99. The van der Waals surface area contributed by atoms with E-state index in [1.807, 2.05) is 24.3 Å². The Bertz CT molecular complexity index is 1180. The Balaban J connectivity index is 1.50. The minimum Gasteiger partial charge on any atom is -0.505 e. The number of nitrogens with zero attached hydrogens (tertiary/aromatic N) is 3. The molecule has 1 aromatic heterocycles. The second-order valence-electron chi connectivity index (χ2n) is 8.41. The van der Waals surface area contributed by atoms with E-state index in [9.17, 15) is 14.7 Å². The van der Waals surface area contributed by atoms with Gasteiger partial charge in [-0.3, -0.25) is 14.5 Å². The minimum atomic E-state index is -0.617. The molecular formula is C25H28N4O4. The summed E-state index contributed by atoms with van der Waals surface area (Å²) in [6.07, 6.45) is 2.45. The minimum absolute atomic E-state index is 0.257. The number of aromatic hydroxyl groups is 1. The average molecular weight is 449 g/mol. The van der Waals surface area contributed by atoms with E-state index in [2.05, 4.69) is 22.2 Å². The lowest BCUT2D eigenvalue weighted by Crippen LogP contribution is -2.32. The van der Waals surface area contributed by atoms with Gasteiger partial charge in [0.15, 0.2) is 11.4 Å². The van der Waals surface area contributed by atoms with Gasteiger partial charge in [-0.2, -0.15) is 9.78 Å². The van der Waals surface area contributed by atoms with Gasteiger partial charge in [0, 0.05) is 18.3 Å². The number of ether oxygens (including phenoxy) is 1. The van der Waals surface area contributed by atoms with Crippen molar-refractivity contribution in [3.63, 3.8) is 0 Å². The zero-order valence-corrected chi connectivity index (χ0v) is 18.8. The fourth-order valence-electron chi connectivity index (χ4n) is 3.95. The smallest absolute Gasteiger partial charge is 0.279 e. The van der Waals surface area contributed by atoms with Crippen molar-refractivity contribution in [1.29, 1.82) is 0 Å². The normalized spacial score (nSPS) is 14.7. The van der Waals surface area contributed by atoms with Crippen molar-refractivity contribution in [1.82, 2.24) is 14.7 Å². The number of nitrogens with one attached hydrogen (secondary N) is 1. The summed E-state index contributed by atoms with van der Waals surface area (Å²) in [7, 11) is 1.48. The molecule has 2 aromatic carbocycles. The summed E-state index contributed by atoms with van der Waals surface area (Å²) in [5.74, 6) is 0.109. The number of carbonyl (C=O) groups is 1. The van der Waals surface area contributed by atoms with Gasteiger partial charge >= 0.3 is 0 Å². The maximum atomic E-state index is 12.8. The number of piperidine rings is 1. The van der Waals surface area contributed by atoms with Gasteiger partial charge in [0.05, 0.1) is 7.11 Å². The summed E-state index contributed by atoms with van der Waals surface area (Å²) in [5.41, 5.74) is 1.29. The van der Waals surface area contributed by atoms with Crippen LogP contribution in [0.15, 0.2) is 59.4 Å². The monoisotopic (exact) mass is 448 g/mol. The molecule has 2 heterocycles. The fraction of sp³-hybridized carbons (Fsp3) is 0.320. The van der Waals surface area contributed by atoms with Crippen LogP contribution in [0.1, 0.15) is 35.8 Å². The average Bonchev–Trinajstić information content (AvgIpc) is 2.82. The van der Waals surface area contributed by atoms with Crippen LogP contribution >= 0.6 is 0 Å². The summed E-state index contributed by atoms with van der Waals surface area (Å²) >= 11 is 0. The third-order valence-corrected chi connectivity index (χ3v) is 5.93. The van der Waals surface area contributed by atoms with E-state index in [1.54, 1.807) is 24.3 Å². The molecule has 1 fully saturated rings. The highest BCUT2D eigenvalue weighted by Crippen LogP contribution is 2.22. The number of hydrogen-bond donors (Lipinski definition) is 2. The first kappa shape index (κ1) is 22.5. The van der Waals surface area contributed by atoms with E-state index >= 15 is 0 Å². The molecule has 172 valence electrons. The van der Waals surface area contributed by atoms with Gasteiger partial charge < -0.3 is 15.2 Å². The second kappa shape index (κ2) is 9.87. The van der Waals surface area contributed by atoms with Crippen LogP contribution < -0.4 is 15.6 Å². The van der Waals surface area contributed by atoms with Gasteiger partial charge in [-0.1, -0.05) is 31.2 Å². The van der Waals surface area contributed by atoms with Crippen LogP contribution in [0.3, 0.4) is 0 Å². The van der Waals surface area contributed by atoms with Crippen molar-refractivity contribution >= 4 is 11.6 Å². The molecule has 0 saturated carbocycles. The number of likely N-dealkylation sites (tertiary alicyclic amines) is 1. The molecule has 1 aliphatic rings. The van der Waals surface area contributed by atoms with Crippen molar-refractivity contribution in [3.05, 3.63) is 76.2 Å². The molecule has 1 saturated heterocycles. The molecule has 0 spiro atoms. The third-order valence-electron chi connectivity index (χ3n) is 5.93. The summed E-state index contributed by atoms with van der Waals surface area (Å²) in [6, 6.07) is 15.4. The Morgan fingerprint density at radius 1 is 1.15 bits per heavy atom. The van der Waals surface area contributed by atoms with Crippen molar-refractivity contribution in [2.75, 3.05) is 25.5 Å². The van der Waals surface area contributed by atoms with Gasteiger partial charge in [0.1, 0.15) is 11.4 Å². The predicted molar refractivity (Wildman–Crippen MR) is 126 cm³/mol. The van der Waals surface area contributed by atoms with Crippen LogP contribution in [-0.2, 0) is 6.54 Å². The van der Waals surface area contributed by atoms with Crippen LogP contribution in [-0.4, -0.2) is 45.9 Å². The number of amides is 1. The first-order valence-electron chi connectivity index (χ1n) is 11.0. The van der Waals surface area contributed by atoms with Gasteiger partial charge in [-0.15, -0.1) is 0 Å². The Morgan fingerprint density at radius 2 is 1.85 bits per heavy atom. The zero-order chi connectivity index (χ0) is 23.4. The lowest BCUT2D eigenvalue weighted by molar-refractivity contribution is 0.101. The number of hydrogen-bond acceptors (Lipinski definition) is 6. The standard InChI is InChI=1S/C25H28N4O4/c1-17-11-13-28(14-12-17)16-18-7-9-19(10-8-18)26-25(32)24-21(30)15-23(31)29(27-24)20-5-3-4-6-22(20)33-2/h3-10,15,17,30H,11-14,16H2,1-2H3,(H,26,32). The zero-order valence-electron chi connectivity index (χ0n) is 18.8. The molecule has 4 rings (SSSR count). The van der Waals surface area contributed by atoms with E-state index in [0.29, 0.717) is 17.1 Å². The number of para-hydroxylation sites is 2. The Labute approximate surface area is 192 Å². The van der Waals surface area contributed by atoms with Crippen molar-refractivity contribution in [2.45, 2.75) is 26.3 Å². The van der Waals surface area contributed by atoms with Crippen molar-refractivity contribution in [3.8, 4) is 17.2 Å². The van der Waals surface area contributed by atoms with Crippen molar-refractivity contribution in [2.24, 2.45) is 5.92 Å². The molecule has 8 nitrogen and oxygen atoms in total. The van der Waals surface area contributed by atoms with Crippen LogP contribution in [0.4, 0.5) is 5.69 Å². The number of benzene rings is 2. The van der Waals surface area contributed by atoms with E-state index in [4.69, 9.17) is 4.74 Å². The maximum absolute atomic E-state index is 12.8. The molecule has 1 aliphatic heterocycles. The summed E-state index contributed by atoms with van der Waals surface area (Å²) in [5, 5.41) is 17.1. The van der Waals surface area contributed by atoms with Crippen LogP contribution in [0.25, 0.3) is 5.69 Å². The van der Waals surface area contributed by atoms with Gasteiger partial charge in [-0.25, -0.2) is 0 Å². The molecular weight excluding hydrogens is 420 g/mol. The quantitative estimate of drug-likeness (QED) is 0.600. The highest BCUT2D eigenvalue weighted by molar-refractivity contribution is 6.04. The Kier molecular flexibility index (Phi) is 6.74. The Hall–Kier alpha value is -3.65. The van der Waals surface area contributed by atoms with Crippen LogP contribution in [0, 0.1) is 5.92 Å². The molecule has 2 N–H and O–H groups in total. The highest BCUT2D eigenvalue weighted by Gasteiger charge is 2.19. The topological polar surface area (TPSA) is 96.7 Å². The van der Waals surface area contributed by atoms with E-state index in [-0.39, 0.29) is 5.69 Å². The molecule has 0 unspecified atom stereocenters. The predicted octanol–water partition coefficient (Wildman–Crippen LogP) is 3.43. The first-order chi connectivity index (χ1) is 15.9. The third kappa shape index (κ3) is 5.23. The van der Waals surface area contributed by atoms with Crippen LogP contribution in [0.5, 0.6) is 11.5 Å². The van der Waals surface area contributed by atoms with E-state index in [0.717, 1.165) is 36.3 Å². The molecule has 0 atom stereocenters. The van der Waals surface area contributed by atoms with E-state index in [1.165, 1.54) is 25.5 Å².